The summed E-state index contributed by atoms with van der Waals surface area (Å²) in [5, 5.41) is 2.78. The minimum Gasteiger partial charge on any atom is -0.382 e. The number of nitrogens with one attached hydrogen (secondary N) is 1. The topological polar surface area (TPSA) is 119 Å². The van der Waals surface area contributed by atoms with E-state index in [4.69, 9.17) is 10.7 Å². The summed E-state index contributed by atoms with van der Waals surface area (Å²) in [4.78, 5) is 40.6. The molecule has 2 atom stereocenters. The van der Waals surface area contributed by atoms with Crippen LogP contribution in [0.5, 0.6) is 0 Å². The summed E-state index contributed by atoms with van der Waals surface area (Å²) in [6.45, 7) is 4.36. The molecule has 174 valence electrons. The first kappa shape index (κ1) is 21.0. The van der Waals surface area contributed by atoms with Gasteiger partial charge in [0.05, 0.1) is 0 Å². The number of hydrogen-bond donors (Lipinski definition) is 2. The number of pyridine rings is 1. The van der Waals surface area contributed by atoms with Crippen LogP contribution in [0.15, 0.2) is 73.7 Å². The second kappa shape index (κ2) is 7.76. The minimum absolute atomic E-state index is 0.0893. The molecular formula is C26H23N7O2. The lowest BCUT2D eigenvalue weighted by Crippen LogP contribution is -2.38. The van der Waals surface area contributed by atoms with Gasteiger partial charge in [-0.3, -0.25) is 14.0 Å². The van der Waals surface area contributed by atoms with Gasteiger partial charge < -0.3 is 16.0 Å². The Bertz CT molecular complexity index is 1480. The van der Waals surface area contributed by atoms with Gasteiger partial charge in [0.15, 0.2) is 0 Å². The highest BCUT2D eigenvalue weighted by atomic mass is 16.2. The molecule has 3 N–H and O–H groups in total. The number of amides is 2. The Morgan fingerprint density at radius 3 is 2.69 bits per heavy atom. The predicted molar refractivity (Wildman–Crippen MR) is 131 cm³/mol. The van der Waals surface area contributed by atoms with Crippen molar-refractivity contribution in [2.24, 2.45) is 5.92 Å². The molecule has 35 heavy (non-hydrogen) atoms. The summed E-state index contributed by atoms with van der Waals surface area (Å²) in [5.74, 6) is 1.64. The molecule has 1 saturated carbocycles. The molecule has 1 aromatic carbocycles. The molecule has 1 aliphatic heterocycles. The van der Waals surface area contributed by atoms with Gasteiger partial charge in [-0.1, -0.05) is 24.8 Å². The van der Waals surface area contributed by atoms with E-state index in [1.54, 1.807) is 36.7 Å². The summed E-state index contributed by atoms with van der Waals surface area (Å²) in [7, 11) is 0. The number of rotatable bonds is 5. The van der Waals surface area contributed by atoms with Crippen molar-refractivity contribution in [1.82, 2.24) is 24.3 Å². The monoisotopic (exact) mass is 465 g/mol. The van der Waals surface area contributed by atoms with Crippen LogP contribution in [0.25, 0.3) is 16.8 Å². The molecule has 3 aromatic heterocycles. The molecule has 2 aliphatic rings. The maximum atomic E-state index is 12.6. The summed E-state index contributed by atoms with van der Waals surface area (Å²) in [6, 6.07) is 12.5. The normalized spacial score (nSPS) is 20.5. The average Bonchev–Trinajstić information content (AvgIpc) is 3.28. The lowest BCUT2D eigenvalue weighted by atomic mass is 10.1. The Morgan fingerprint density at radius 2 is 1.97 bits per heavy atom. The van der Waals surface area contributed by atoms with Gasteiger partial charge in [-0.15, -0.1) is 0 Å². The SMILES string of the molecule is C=CC(=O)N1CCC2CC21c1nc(-c2ccc(C(=O)Nc3ccccn3)cc2)c2c(N)nccn12. The number of nitrogen functional groups attached to an aromatic ring is 1. The average molecular weight is 466 g/mol. The van der Waals surface area contributed by atoms with E-state index in [9.17, 15) is 9.59 Å². The zero-order valence-electron chi connectivity index (χ0n) is 18.9. The molecule has 1 saturated heterocycles. The number of imidazole rings is 1. The Labute approximate surface area is 201 Å². The van der Waals surface area contributed by atoms with Crippen molar-refractivity contribution in [3.63, 3.8) is 0 Å². The van der Waals surface area contributed by atoms with Crippen molar-refractivity contribution in [1.29, 1.82) is 0 Å². The maximum Gasteiger partial charge on any atom is 0.256 e. The Hall–Kier alpha value is -4.53. The largest absolute Gasteiger partial charge is 0.382 e. The number of hydrogen-bond acceptors (Lipinski definition) is 6. The van der Waals surface area contributed by atoms with Crippen molar-refractivity contribution >= 4 is 29.0 Å². The fourth-order valence-electron chi connectivity index (χ4n) is 5.26. The number of aromatic nitrogens is 4. The lowest BCUT2D eigenvalue weighted by Gasteiger charge is -2.26. The zero-order chi connectivity index (χ0) is 24.2. The quantitative estimate of drug-likeness (QED) is 0.437. The number of nitrogens with two attached hydrogens (primary N) is 1. The highest BCUT2D eigenvalue weighted by Gasteiger charge is 2.66. The molecule has 2 unspecified atom stereocenters. The Morgan fingerprint density at radius 1 is 1.14 bits per heavy atom. The molecule has 4 heterocycles. The third-order valence-electron chi connectivity index (χ3n) is 6.99. The van der Waals surface area contributed by atoms with E-state index in [1.807, 2.05) is 33.7 Å². The van der Waals surface area contributed by atoms with Crippen LogP contribution in [0, 0.1) is 5.92 Å². The lowest BCUT2D eigenvalue weighted by molar-refractivity contribution is -0.128. The second-order valence-electron chi connectivity index (χ2n) is 8.87. The van der Waals surface area contributed by atoms with E-state index in [0.29, 0.717) is 40.9 Å². The molecule has 1 aliphatic carbocycles. The third kappa shape index (κ3) is 3.19. The number of fused-ring (bicyclic) bond motifs is 2. The highest BCUT2D eigenvalue weighted by Crippen LogP contribution is 2.62. The van der Waals surface area contributed by atoms with Gasteiger partial charge in [0.1, 0.15) is 34.2 Å². The van der Waals surface area contributed by atoms with E-state index < -0.39 is 5.54 Å². The van der Waals surface area contributed by atoms with Gasteiger partial charge in [0.2, 0.25) is 5.91 Å². The second-order valence-corrected chi connectivity index (χ2v) is 8.87. The molecule has 9 nitrogen and oxygen atoms in total. The number of likely N-dealkylation sites (tertiary alicyclic amines) is 1. The van der Waals surface area contributed by atoms with Gasteiger partial charge in [-0.25, -0.2) is 15.0 Å². The molecule has 0 bridgehead atoms. The third-order valence-corrected chi connectivity index (χ3v) is 6.99. The molecule has 0 radical (unpaired) electrons. The minimum atomic E-state index is -0.456. The maximum absolute atomic E-state index is 12.6. The van der Waals surface area contributed by atoms with Crippen LogP contribution in [-0.2, 0) is 10.3 Å². The van der Waals surface area contributed by atoms with Crippen molar-refractivity contribution < 1.29 is 9.59 Å². The van der Waals surface area contributed by atoms with Crippen molar-refractivity contribution in [2.45, 2.75) is 18.4 Å². The summed E-state index contributed by atoms with van der Waals surface area (Å²) >= 11 is 0. The van der Waals surface area contributed by atoms with Gasteiger partial charge >= 0.3 is 0 Å². The highest BCUT2D eigenvalue weighted by molar-refractivity contribution is 6.04. The van der Waals surface area contributed by atoms with Crippen LogP contribution in [0.1, 0.15) is 29.0 Å². The molecule has 2 fully saturated rings. The number of benzene rings is 1. The molecule has 4 aromatic rings. The van der Waals surface area contributed by atoms with E-state index in [0.717, 1.165) is 24.2 Å². The first-order valence-electron chi connectivity index (χ1n) is 11.4. The Kier molecular flexibility index (Phi) is 4.67. The van der Waals surface area contributed by atoms with Gasteiger partial charge in [-0.05, 0) is 49.1 Å². The smallest absolute Gasteiger partial charge is 0.256 e. The van der Waals surface area contributed by atoms with Crippen LogP contribution >= 0.6 is 0 Å². The molecule has 0 spiro atoms. The van der Waals surface area contributed by atoms with E-state index in [1.165, 1.54) is 6.08 Å². The number of carbonyl (C=O) groups is 2. The summed E-state index contributed by atoms with van der Waals surface area (Å²) < 4.78 is 1.95. The van der Waals surface area contributed by atoms with E-state index >= 15 is 0 Å². The summed E-state index contributed by atoms with van der Waals surface area (Å²) in [5.41, 5.74) is 8.50. The first-order chi connectivity index (χ1) is 17.0. The number of anilines is 2. The van der Waals surface area contributed by atoms with Crippen LogP contribution in [-0.4, -0.2) is 42.6 Å². The Balaban J connectivity index is 1.39. The predicted octanol–water partition coefficient (Wildman–Crippen LogP) is 3.26. The molecule has 2 amide bonds. The van der Waals surface area contributed by atoms with Crippen LogP contribution in [0.2, 0.25) is 0 Å². The van der Waals surface area contributed by atoms with Crippen LogP contribution in [0.4, 0.5) is 11.6 Å². The first-order valence-corrected chi connectivity index (χ1v) is 11.4. The fourth-order valence-corrected chi connectivity index (χ4v) is 5.26. The fraction of sp³-hybridized carbons (Fsp3) is 0.192. The molecule has 9 heteroatoms. The number of piperidine rings is 1. The summed E-state index contributed by atoms with van der Waals surface area (Å²) in [6.07, 6.45) is 8.26. The molecular weight excluding hydrogens is 442 g/mol. The van der Waals surface area contributed by atoms with E-state index in [2.05, 4.69) is 21.9 Å². The van der Waals surface area contributed by atoms with Crippen molar-refractivity contribution in [3.05, 3.63) is 85.1 Å². The number of carbonyl (C=O) groups excluding carboxylic acids is 2. The standard InChI is InChI=1S/C26H23N7O2/c1-2-20(34)33-13-10-18-15-26(18,33)25-31-21(22-23(27)29-12-14-32(22)25)16-6-8-17(9-7-16)24(35)30-19-5-3-4-11-28-19/h2-9,11-12,14,18H,1,10,13,15H2,(H2,27,29)(H,28,30,35). The molecule has 6 rings (SSSR count). The van der Waals surface area contributed by atoms with Crippen LogP contribution in [0.3, 0.4) is 0 Å². The van der Waals surface area contributed by atoms with Crippen LogP contribution < -0.4 is 11.1 Å². The van der Waals surface area contributed by atoms with Crippen molar-refractivity contribution in [2.75, 3.05) is 17.6 Å². The zero-order valence-corrected chi connectivity index (χ0v) is 18.9. The van der Waals surface area contributed by atoms with Crippen molar-refractivity contribution in [3.8, 4) is 11.3 Å². The van der Waals surface area contributed by atoms with Gasteiger partial charge in [0.25, 0.3) is 5.91 Å². The number of nitrogens with zero attached hydrogens (tertiary/aromatic N) is 5. The van der Waals surface area contributed by atoms with Gasteiger partial charge in [0, 0.05) is 36.3 Å². The van der Waals surface area contributed by atoms with Gasteiger partial charge in [-0.2, -0.15) is 0 Å². The van der Waals surface area contributed by atoms with E-state index in [-0.39, 0.29) is 11.8 Å².